The van der Waals surface area contributed by atoms with E-state index in [0.717, 1.165) is 5.56 Å². The monoisotopic (exact) mass is 322 g/mol. The zero-order valence-electron chi connectivity index (χ0n) is 13.1. The number of carbonyl (C=O) groups is 2. The van der Waals surface area contributed by atoms with Gasteiger partial charge in [0.1, 0.15) is 6.61 Å². The number of benzene rings is 1. The molecule has 0 spiro atoms. The largest absolute Gasteiger partial charge is 0.465 e. The van der Waals surface area contributed by atoms with Crippen LogP contribution in [0.3, 0.4) is 0 Å². The van der Waals surface area contributed by atoms with Crippen molar-refractivity contribution in [3.63, 3.8) is 0 Å². The van der Waals surface area contributed by atoms with Gasteiger partial charge in [-0.2, -0.15) is 0 Å². The van der Waals surface area contributed by atoms with Crippen molar-refractivity contribution >= 4 is 12.2 Å². The number of nitrogens with zero attached hydrogens (tertiary/aromatic N) is 1. The fraction of sp³-hybridized carbons (Fsp3) is 0.500. The van der Waals surface area contributed by atoms with Gasteiger partial charge >= 0.3 is 12.2 Å². The van der Waals surface area contributed by atoms with Crippen molar-refractivity contribution in [3.8, 4) is 0 Å². The lowest BCUT2D eigenvalue weighted by atomic mass is 9.92. The van der Waals surface area contributed by atoms with E-state index >= 15 is 0 Å². The maximum absolute atomic E-state index is 12.0. The molecule has 0 aliphatic carbocycles. The highest BCUT2D eigenvalue weighted by atomic mass is 16.5. The van der Waals surface area contributed by atoms with Crippen molar-refractivity contribution in [2.75, 3.05) is 13.1 Å². The van der Waals surface area contributed by atoms with Crippen molar-refractivity contribution in [1.29, 1.82) is 0 Å². The highest BCUT2D eigenvalue weighted by Gasteiger charge is 2.38. The Hall–Kier alpha value is -2.28. The summed E-state index contributed by atoms with van der Waals surface area (Å²) < 4.78 is 5.13. The number of amides is 2. The third-order valence-electron chi connectivity index (χ3n) is 4.04. The lowest BCUT2D eigenvalue weighted by Crippen LogP contribution is -2.55. The van der Waals surface area contributed by atoms with Gasteiger partial charge in [-0.15, -0.1) is 0 Å². The van der Waals surface area contributed by atoms with Crippen LogP contribution in [0.4, 0.5) is 9.59 Å². The second kappa shape index (κ2) is 7.32. The second-order valence-electron chi connectivity index (χ2n) is 5.95. The highest BCUT2D eigenvalue weighted by Crippen LogP contribution is 2.22. The van der Waals surface area contributed by atoms with E-state index in [0.29, 0.717) is 19.4 Å². The first-order chi connectivity index (χ1) is 10.9. The Morgan fingerprint density at radius 3 is 2.74 bits per heavy atom. The normalized spacial score (nSPS) is 24.6. The number of carboxylic acid groups (broad SMARTS) is 1. The molecule has 0 bridgehead atoms. The molecular formula is C16H22N2O5. The Balaban J connectivity index is 1.94. The van der Waals surface area contributed by atoms with E-state index in [1.165, 1.54) is 4.90 Å². The van der Waals surface area contributed by atoms with Crippen LogP contribution in [0.25, 0.3) is 0 Å². The summed E-state index contributed by atoms with van der Waals surface area (Å²) in [5.41, 5.74) is -0.335. The standard InChI is InChI=1S/C16H22N2O5/c1-16(22)8-5-9-18(15(20)21)10-13(16)17-14(19)23-11-12-6-3-2-4-7-12/h2-4,6-7,13,22H,5,8-11H2,1H3,(H,17,19)(H,20,21)/t13-,16-/m0/s1. The minimum absolute atomic E-state index is 0.0305. The van der Waals surface area contributed by atoms with Crippen LogP contribution in [0.15, 0.2) is 30.3 Å². The van der Waals surface area contributed by atoms with Crippen LogP contribution in [-0.4, -0.2) is 52.0 Å². The first-order valence-electron chi connectivity index (χ1n) is 7.56. The molecule has 126 valence electrons. The summed E-state index contributed by atoms with van der Waals surface area (Å²) in [6.45, 7) is 2.08. The quantitative estimate of drug-likeness (QED) is 0.788. The number of hydrogen-bond donors (Lipinski definition) is 3. The number of hydrogen-bond acceptors (Lipinski definition) is 4. The summed E-state index contributed by atoms with van der Waals surface area (Å²) in [5, 5.41) is 22.2. The molecule has 0 saturated carbocycles. The summed E-state index contributed by atoms with van der Waals surface area (Å²) in [5.74, 6) is 0. The molecule has 1 aromatic carbocycles. The van der Waals surface area contributed by atoms with E-state index in [4.69, 9.17) is 9.84 Å². The summed E-state index contributed by atoms with van der Waals surface area (Å²) >= 11 is 0. The maximum Gasteiger partial charge on any atom is 0.407 e. The number of nitrogens with one attached hydrogen (secondary N) is 1. The molecule has 0 aromatic heterocycles. The molecule has 1 aromatic rings. The van der Waals surface area contributed by atoms with Gasteiger partial charge in [0.25, 0.3) is 0 Å². The van der Waals surface area contributed by atoms with E-state index in [2.05, 4.69) is 5.32 Å². The molecule has 1 aliphatic heterocycles. The molecule has 7 nitrogen and oxygen atoms in total. The van der Waals surface area contributed by atoms with Crippen LogP contribution in [0, 0.1) is 0 Å². The lowest BCUT2D eigenvalue weighted by molar-refractivity contribution is 0.0111. The molecule has 1 heterocycles. The van der Waals surface area contributed by atoms with E-state index in [-0.39, 0.29) is 13.2 Å². The molecule has 3 N–H and O–H groups in total. The van der Waals surface area contributed by atoms with Crippen molar-refractivity contribution in [1.82, 2.24) is 10.2 Å². The van der Waals surface area contributed by atoms with Gasteiger partial charge in [-0.1, -0.05) is 30.3 Å². The first-order valence-corrected chi connectivity index (χ1v) is 7.56. The van der Waals surface area contributed by atoms with Crippen molar-refractivity contribution in [3.05, 3.63) is 35.9 Å². The molecule has 0 radical (unpaired) electrons. The van der Waals surface area contributed by atoms with Crippen molar-refractivity contribution < 1.29 is 24.5 Å². The fourth-order valence-corrected chi connectivity index (χ4v) is 2.59. The van der Waals surface area contributed by atoms with Gasteiger partial charge < -0.3 is 25.2 Å². The molecule has 2 amide bonds. The summed E-state index contributed by atoms with van der Waals surface area (Å²) in [7, 11) is 0. The average molecular weight is 322 g/mol. The van der Waals surface area contributed by atoms with Gasteiger partial charge in [0.2, 0.25) is 0 Å². The van der Waals surface area contributed by atoms with E-state index < -0.39 is 23.8 Å². The Morgan fingerprint density at radius 1 is 1.39 bits per heavy atom. The fourth-order valence-electron chi connectivity index (χ4n) is 2.59. The van der Waals surface area contributed by atoms with Gasteiger partial charge in [-0.05, 0) is 25.3 Å². The van der Waals surface area contributed by atoms with Crippen molar-refractivity contribution in [2.45, 2.75) is 38.0 Å². The Morgan fingerprint density at radius 2 is 2.09 bits per heavy atom. The van der Waals surface area contributed by atoms with Gasteiger partial charge in [-0.3, -0.25) is 0 Å². The molecule has 0 unspecified atom stereocenters. The van der Waals surface area contributed by atoms with Crippen LogP contribution >= 0.6 is 0 Å². The minimum atomic E-state index is -1.18. The van der Waals surface area contributed by atoms with Gasteiger partial charge in [0.15, 0.2) is 0 Å². The maximum atomic E-state index is 12.0. The van der Waals surface area contributed by atoms with Crippen LogP contribution in [0.2, 0.25) is 0 Å². The summed E-state index contributed by atoms with van der Waals surface area (Å²) in [6.07, 6.45) is -0.796. The molecule has 23 heavy (non-hydrogen) atoms. The predicted molar refractivity (Wildman–Crippen MR) is 83.0 cm³/mol. The SMILES string of the molecule is C[C@]1(O)CCCN(C(=O)O)C[C@@H]1NC(=O)OCc1ccccc1. The van der Waals surface area contributed by atoms with E-state index in [1.54, 1.807) is 6.92 Å². The number of alkyl carbamates (subject to hydrolysis) is 1. The van der Waals surface area contributed by atoms with Crippen molar-refractivity contribution in [2.24, 2.45) is 0 Å². The smallest absolute Gasteiger partial charge is 0.407 e. The van der Waals surface area contributed by atoms with Gasteiger partial charge in [0, 0.05) is 13.1 Å². The Labute approximate surface area is 134 Å². The third-order valence-corrected chi connectivity index (χ3v) is 4.04. The van der Waals surface area contributed by atoms with E-state index in [1.807, 2.05) is 30.3 Å². The Bertz CT molecular complexity index is 547. The van der Waals surface area contributed by atoms with Crippen LogP contribution in [-0.2, 0) is 11.3 Å². The highest BCUT2D eigenvalue weighted by molar-refractivity contribution is 5.68. The predicted octanol–water partition coefficient (Wildman–Crippen LogP) is 1.81. The van der Waals surface area contributed by atoms with Crippen LogP contribution in [0.1, 0.15) is 25.3 Å². The molecule has 1 fully saturated rings. The first kappa shape index (κ1) is 17.1. The minimum Gasteiger partial charge on any atom is -0.465 e. The van der Waals surface area contributed by atoms with E-state index in [9.17, 15) is 14.7 Å². The van der Waals surface area contributed by atoms with Gasteiger partial charge in [0.05, 0.1) is 11.6 Å². The number of ether oxygens (including phenoxy) is 1. The molecule has 2 rings (SSSR count). The number of carbonyl (C=O) groups excluding carboxylic acids is 1. The Kier molecular flexibility index (Phi) is 5.44. The third kappa shape index (κ3) is 4.85. The number of aliphatic hydroxyl groups is 1. The molecule has 7 heteroatoms. The van der Waals surface area contributed by atoms with Gasteiger partial charge in [-0.25, -0.2) is 9.59 Å². The zero-order chi connectivity index (χ0) is 16.9. The molecule has 2 atom stereocenters. The number of likely N-dealkylation sites (tertiary alicyclic amines) is 1. The lowest BCUT2D eigenvalue weighted by Gasteiger charge is -2.32. The average Bonchev–Trinajstić information content (AvgIpc) is 2.65. The van der Waals surface area contributed by atoms with Crippen LogP contribution in [0.5, 0.6) is 0 Å². The zero-order valence-corrected chi connectivity index (χ0v) is 13.1. The summed E-state index contributed by atoms with van der Waals surface area (Å²) in [6, 6.07) is 8.51. The molecular weight excluding hydrogens is 300 g/mol. The topological polar surface area (TPSA) is 99.1 Å². The molecule has 1 aliphatic rings. The van der Waals surface area contributed by atoms with Crippen LogP contribution < -0.4 is 5.32 Å². The summed E-state index contributed by atoms with van der Waals surface area (Å²) in [4.78, 5) is 24.3. The molecule has 1 saturated heterocycles. The second-order valence-corrected chi connectivity index (χ2v) is 5.95. The number of rotatable bonds is 3.